The maximum Gasteiger partial charge on any atom is 0.149 e. The van der Waals surface area contributed by atoms with Crippen LogP contribution in [0.2, 0.25) is 0 Å². The molecule has 4 atom stereocenters. The van der Waals surface area contributed by atoms with E-state index in [0.29, 0.717) is 18.4 Å². The number of phenols is 1. The van der Waals surface area contributed by atoms with Crippen molar-refractivity contribution < 1.29 is 9.84 Å². The van der Waals surface area contributed by atoms with Gasteiger partial charge in [-0.05, 0) is 56.7 Å². The summed E-state index contributed by atoms with van der Waals surface area (Å²) in [5.74, 6) is 2.03. The van der Waals surface area contributed by atoms with Gasteiger partial charge in [0, 0.05) is 17.0 Å². The second kappa shape index (κ2) is 4.79. The topological polar surface area (TPSA) is 53.5 Å². The number of rotatable bonds is 0. The largest absolute Gasteiger partial charge is 0.506 e. The van der Waals surface area contributed by atoms with Crippen molar-refractivity contribution in [3.63, 3.8) is 0 Å². The monoisotopic (exact) mass is 314 g/mol. The van der Waals surface area contributed by atoms with Gasteiger partial charge in [0.2, 0.25) is 0 Å². The van der Waals surface area contributed by atoms with Crippen molar-refractivity contribution >= 4 is 5.69 Å². The number of aromatic hydroxyl groups is 1. The summed E-state index contributed by atoms with van der Waals surface area (Å²) in [5, 5.41) is 17.9. The summed E-state index contributed by atoms with van der Waals surface area (Å²) in [6.07, 6.45) is 7.50. The van der Waals surface area contributed by atoms with Gasteiger partial charge in [0.15, 0.2) is 0 Å². The van der Waals surface area contributed by atoms with Crippen LogP contribution in [0.4, 0.5) is 5.69 Å². The second-order valence-electron chi connectivity index (χ2n) is 8.01. The third kappa shape index (κ3) is 1.81. The molecular weight excluding hydrogens is 288 g/mol. The molecule has 23 heavy (non-hydrogen) atoms. The Bertz CT molecular complexity index is 655. The molecule has 1 saturated heterocycles. The van der Waals surface area contributed by atoms with Gasteiger partial charge >= 0.3 is 0 Å². The summed E-state index contributed by atoms with van der Waals surface area (Å²) in [6, 6.07) is 2.89. The summed E-state index contributed by atoms with van der Waals surface area (Å²) in [4.78, 5) is 0. The normalized spacial score (nSPS) is 37.7. The molecule has 5 rings (SSSR count). The molecule has 2 fully saturated rings. The SMILES string of the molecule is CC1COc2c3c(cc(O)c2N1)[C@]12CCCC[C@@H]1C(C3)NCC2. The molecule has 0 radical (unpaired) electrons. The van der Waals surface area contributed by atoms with E-state index in [0.717, 1.165) is 30.3 Å². The molecule has 4 heteroatoms. The van der Waals surface area contributed by atoms with E-state index in [1.807, 2.05) is 0 Å². The van der Waals surface area contributed by atoms with Gasteiger partial charge in [0.05, 0.1) is 6.04 Å². The Kier molecular flexibility index (Phi) is 2.91. The molecule has 2 heterocycles. The Labute approximate surface area is 137 Å². The number of phenolic OH excluding ortho intramolecular Hbond substituents is 1. The van der Waals surface area contributed by atoms with E-state index in [4.69, 9.17) is 4.74 Å². The summed E-state index contributed by atoms with van der Waals surface area (Å²) in [5.41, 5.74) is 3.83. The summed E-state index contributed by atoms with van der Waals surface area (Å²) in [6.45, 7) is 3.87. The Morgan fingerprint density at radius 2 is 2.22 bits per heavy atom. The average Bonchev–Trinajstić information content (AvgIpc) is 2.56. The predicted octanol–water partition coefficient (Wildman–Crippen LogP) is 2.93. The Morgan fingerprint density at radius 1 is 1.30 bits per heavy atom. The number of fused-ring (bicyclic) bond motifs is 3. The summed E-state index contributed by atoms with van der Waals surface area (Å²) in [7, 11) is 0. The highest BCUT2D eigenvalue weighted by atomic mass is 16.5. The molecular formula is C19H26N2O2. The molecule has 0 aromatic heterocycles. The molecule has 1 aromatic carbocycles. The lowest BCUT2D eigenvalue weighted by atomic mass is 9.52. The van der Waals surface area contributed by atoms with Gasteiger partial charge in [0.1, 0.15) is 23.8 Å². The number of piperidine rings is 1. The number of anilines is 1. The Morgan fingerprint density at radius 3 is 3.13 bits per heavy atom. The standard InChI is InChI=1S/C19H26N2O2/c1-11-10-23-18-12-8-15-13-4-2-3-5-19(13,6-7-20-15)14(12)9-16(22)17(18)21-11/h9,11,13,15,20-22H,2-8,10H2,1H3/t11?,13-,15?,19+/m1/s1. The van der Waals surface area contributed by atoms with E-state index >= 15 is 0 Å². The highest BCUT2D eigenvalue weighted by Gasteiger charge is 2.52. The number of ether oxygens (including phenoxy) is 1. The molecule has 4 nitrogen and oxygen atoms in total. The fraction of sp³-hybridized carbons (Fsp3) is 0.684. The fourth-order valence-electron chi connectivity index (χ4n) is 5.82. The highest BCUT2D eigenvalue weighted by molar-refractivity contribution is 5.73. The van der Waals surface area contributed by atoms with Crippen molar-refractivity contribution in [2.45, 2.75) is 62.9 Å². The van der Waals surface area contributed by atoms with Crippen LogP contribution in [0, 0.1) is 5.92 Å². The first-order valence-corrected chi connectivity index (χ1v) is 9.21. The van der Waals surface area contributed by atoms with Crippen LogP contribution in [0.25, 0.3) is 0 Å². The van der Waals surface area contributed by atoms with E-state index < -0.39 is 0 Å². The quantitative estimate of drug-likeness (QED) is 0.645. The van der Waals surface area contributed by atoms with Gasteiger partial charge in [-0.1, -0.05) is 12.8 Å². The molecule has 2 bridgehead atoms. The van der Waals surface area contributed by atoms with Gasteiger partial charge in [-0.25, -0.2) is 0 Å². The van der Waals surface area contributed by atoms with E-state index in [-0.39, 0.29) is 11.5 Å². The molecule has 1 aromatic rings. The lowest BCUT2D eigenvalue weighted by molar-refractivity contribution is 0.0781. The molecule has 124 valence electrons. The van der Waals surface area contributed by atoms with E-state index in [1.54, 1.807) is 0 Å². The van der Waals surface area contributed by atoms with Gasteiger partial charge in [-0.15, -0.1) is 0 Å². The van der Waals surface area contributed by atoms with Crippen LogP contribution in [-0.2, 0) is 11.8 Å². The van der Waals surface area contributed by atoms with Crippen LogP contribution in [0.15, 0.2) is 6.07 Å². The zero-order chi connectivity index (χ0) is 15.6. The average molecular weight is 314 g/mol. The van der Waals surface area contributed by atoms with Gasteiger partial charge in [-0.2, -0.15) is 0 Å². The first-order valence-electron chi connectivity index (χ1n) is 9.21. The van der Waals surface area contributed by atoms with E-state index in [2.05, 4.69) is 23.6 Å². The van der Waals surface area contributed by atoms with E-state index in [9.17, 15) is 5.11 Å². The minimum Gasteiger partial charge on any atom is -0.506 e. The molecule has 2 aliphatic carbocycles. The molecule has 4 aliphatic rings. The number of hydrogen-bond donors (Lipinski definition) is 3. The number of nitrogens with one attached hydrogen (secondary N) is 2. The Balaban J connectivity index is 1.72. The second-order valence-corrected chi connectivity index (χ2v) is 8.01. The highest BCUT2D eigenvalue weighted by Crippen LogP contribution is 2.57. The summed E-state index contributed by atoms with van der Waals surface area (Å²) >= 11 is 0. The van der Waals surface area contributed by atoms with Crippen LogP contribution < -0.4 is 15.4 Å². The third-order valence-corrected chi connectivity index (χ3v) is 6.75. The first-order chi connectivity index (χ1) is 11.2. The molecule has 0 spiro atoms. The van der Waals surface area contributed by atoms with Crippen molar-refractivity contribution in [1.82, 2.24) is 5.32 Å². The summed E-state index contributed by atoms with van der Waals surface area (Å²) < 4.78 is 6.11. The Hall–Kier alpha value is -1.42. The smallest absolute Gasteiger partial charge is 0.149 e. The molecule has 3 N–H and O–H groups in total. The molecule has 1 saturated carbocycles. The first kappa shape index (κ1) is 14.0. The number of benzene rings is 1. The fourth-order valence-corrected chi connectivity index (χ4v) is 5.82. The molecule has 0 amide bonds. The minimum absolute atomic E-state index is 0.244. The maximum absolute atomic E-state index is 10.7. The zero-order valence-electron chi connectivity index (χ0n) is 13.8. The lowest BCUT2D eigenvalue weighted by Gasteiger charge is -2.56. The minimum atomic E-state index is 0.244. The zero-order valence-corrected chi connectivity index (χ0v) is 13.8. The van der Waals surface area contributed by atoms with Crippen molar-refractivity contribution in [2.24, 2.45) is 5.92 Å². The van der Waals surface area contributed by atoms with Crippen LogP contribution >= 0.6 is 0 Å². The molecule has 2 unspecified atom stereocenters. The molecule has 2 aliphatic heterocycles. The van der Waals surface area contributed by atoms with Crippen LogP contribution in [0.5, 0.6) is 11.5 Å². The van der Waals surface area contributed by atoms with Gasteiger partial charge in [-0.3, -0.25) is 0 Å². The van der Waals surface area contributed by atoms with Crippen LogP contribution in [0.3, 0.4) is 0 Å². The van der Waals surface area contributed by atoms with Crippen LogP contribution in [0.1, 0.15) is 50.2 Å². The maximum atomic E-state index is 10.7. The van der Waals surface area contributed by atoms with Crippen molar-refractivity contribution in [3.8, 4) is 11.5 Å². The van der Waals surface area contributed by atoms with Crippen molar-refractivity contribution in [1.29, 1.82) is 0 Å². The van der Waals surface area contributed by atoms with Gasteiger partial charge < -0.3 is 20.5 Å². The van der Waals surface area contributed by atoms with E-state index in [1.165, 1.54) is 43.2 Å². The van der Waals surface area contributed by atoms with Crippen LogP contribution in [-0.4, -0.2) is 30.3 Å². The third-order valence-electron chi connectivity index (χ3n) is 6.75. The number of hydrogen-bond acceptors (Lipinski definition) is 4. The van der Waals surface area contributed by atoms with Crippen molar-refractivity contribution in [2.75, 3.05) is 18.5 Å². The van der Waals surface area contributed by atoms with Gasteiger partial charge in [0.25, 0.3) is 0 Å². The lowest BCUT2D eigenvalue weighted by Crippen LogP contribution is -2.59. The van der Waals surface area contributed by atoms with Crippen molar-refractivity contribution in [3.05, 3.63) is 17.2 Å². The predicted molar refractivity (Wildman–Crippen MR) is 90.4 cm³/mol.